The maximum absolute atomic E-state index is 13.4. The van der Waals surface area contributed by atoms with Gasteiger partial charge in [0.15, 0.2) is 0 Å². The molecular formula is C25H26Cl3N3O. The number of hydrogen-bond acceptors (Lipinski definition) is 1. The first-order valence-corrected chi connectivity index (χ1v) is 12.0. The number of hydrogen-bond donors (Lipinski definition) is 1. The van der Waals surface area contributed by atoms with Gasteiger partial charge in [-0.05, 0) is 54.8 Å². The fourth-order valence-corrected chi connectivity index (χ4v) is 4.75. The fourth-order valence-electron chi connectivity index (χ4n) is 4.26. The number of urea groups is 1. The highest BCUT2D eigenvalue weighted by Gasteiger charge is 2.26. The largest absolute Gasteiger partial charge is 0.345 e. The first-order valence-electron chi connectivity index (χ1n) is 10.9. The molecule has 1 fully saturated rings. The van der Waals surface area contributed by atoms with Gasteiger partial charge in [0, 0.05) is 35.2 Å². The Balaban J connectivity index is 1.55. The van der Waals surface area contributed by atoms with Gasteiger partial charge in [-0.15, -0.1) is 0 Å². The van der Waals surface area contributed by atoms with Gasteiger partial charge in [0.1, 0.15) is 0 Å². The van der Waals surface area contributed by atoms with Crippen molar-refractivity contribution in [3.05, 3.63) is 87.1 Å². The van der Waals surface area contributed by atoms with Gasteiger partial charge in [-0.2, -0.15) is 0 Å². The zero-order valence-electron chi connectivity index (χ0n) is 17.7. The van der Waals surface area contributed by atoms with Gasteiger partial charge in [-0.3, -0.25) is 0 Å². The highest BCUT2D eigenvalue weighted by atomic mass is 35.5. The highest BCUT2D eigenvalue weighted by Crippen LogP contribution is 2.28. The molecule has 0 atom stereocenters. The van der Waals surface area contributed by atoms with Crippen molar-refractivity contribution in [1.29, 1.82) is 0 Å². The van der Waals surface area contributed by atoms with Gasteiger partial charge in [0.05, 0.1) is 16.6 Å². The van der Waals surface area contributed by atoms with E-state index in [1.165, 1.54) is 6.42 Å². The van der Waals surface area contributed by atoms with Crippen LogP contribution in [0.4, 0.5) is 10.5 Å². The number of amides is 2. The zero-order valence-corrected chi connectivity index (χ0v) is 20.0. The molecule has 1 aliphatic rings. The number of aromatic nitrogens is 1. The molecule has 7 heteroatoms. The van der Waals surface area contributed by atoms with Gasteiger partial charge < -0.3 is 14.8 Å². The molecule has 32 heavy (non-hydrogen) atoms. The third-order valence-electron chi connectivity index (χ3n) is 6.00. The van der Waals surface area contributed by atoms with Crippen molar-refractivity contribution in [3.63, 3.8) is 0 Å². The molecule has 0 spiro atoms. The maximum Gasteiger partial charge on any atom is 0.322 e. The summed E-state index contributed by atoms with van der Waals surface area (Å²) in [5.74, 6) is 0. The lowest BCUT2D eigenvalue weighted by atomic mass is 9.94. The third kappa shape index (κ3) is 5.61. The molecule has 4 nitrogen and oxygen atoms in total. The molecule has 0 bridgehead atoms. The molecular weight excluding hydrogens is 465 g/mol. The maximum atomic E-state index is 13.4. The summed E-state index contributed by atoms with van der Waals surface area (Å²) in [6.07, 6.45) is 7.57. The summed E-state index contributed by atoms with van der Waals surface area (Å²) in [5, 5.41) is 4.64. The van der Waals surface area contributed by atoms with Gasteiger partial charge >= 0.3 is 6.03 Å². The van der Waals surface area contributed by atoms with E-state index in [0.717, 1.165) is 42.0 Å². The summed E-state index contributed by atoms with van der Waals surface area (Å²) < 4.78 is 2.16. The van der Waals surface area contributed by atoms with Gasteiger partial charge in [0.25, 0.3) is 0 Å². The molecule has 1 N–H and O–H groups in total. The van der Waals surface area contributed by atoms with Crippen LogP contribution < -0.4 is 5.32 Å². The number of benzene rings is 2. The van der Waals surface area contributed by atoms with E-state index in [9.17, 15) is 4.79 Å². The Hall–Kier alpha value is -2.14. The predicted molar refractivity (Wildman–Crippen MR) is 133 cm³/mol. The summed E-state index contributed by atoms with van der Waals surface area (Å²) in [5.41, 5.74) is 2.76. The van der Waals surface area contributed by atoms with Crippen LogP contribution in [0.3, 0.4) is 0 Å². The van der Waals surface area contributed by atoms with Crippen LogP contribution in [0, 0.1) is 0 Å². The van der Waals surface area contributed by atoms with Crippen molar-refractivity contribution >= 4 is 46.5 Å². The SMILES string of the molecule is O=C(Nc1ccc(Cl)c(Cl)c1)N(Cc1cccn1Cc1ccccc1Cl)C1CCCCC1. The van der Waals surface area contributed by atoms with Crippen LogP contribution in [0.15, 0.2) is 60.8 Å². The Labute approximate surface area is 204 Å². The zero-order chi connectivity index (χ0) is 22.5. The van der Waals surface area contributed by atoms with E-state index >= 15 is 0 Å². The standard InChI is InChI=1S/C25H26Cl3N3O/c26-22-11-5-4-7-18(22)16-30-14-6-10-21(30)17-31(20-8-2-1-3-9-20)25(32)29-19-12-13-23(27)24(28)15-19/h4-7,10-15,20H,1-3,8-9,16-17H2,(H,29,32). The summed E-state index contributed by atoms with van der Waals surface area (Å²) >= 11 is 18.5. The monoisotopic (exact) mass is 489 g/mol. The molecule has 0 unspecified atom stereocenters. The molecule has 1 aromatic heterocycles. The minimum Gasteiger partial charge on any atom is -0.345 e. The smallest absolute Gasteiger partial charge is 0.322 e. The summed E-state index contributed by atoms with van der Waals surface area (Å²) in [6, 6.07) is 17.2. The topological polar surface area (TPSA) is 37.3 Å². The van der Waals surface area contributed by atoms with E-state index < -0.39 is 0 Å². The van der Waals surface area contributed by atoms with Crippen LogP contribution in [0.5, 0.6) is 0 Å². The van der Waals surface area contributed by atoms with E-state index in [0.29, 0.717) is 28.8 Å². The molecule has 3 aromatic rings. The molecule has 0 aliphatic heterocycles. The van der Waals surface area contributed by atoms with Crippen LogP contribution in [0.1, 0.15) is 43.4 Å². The van der Waals surface area contributed by atoms with Crippen LogP contribution in [-0.2, 0) is 13.1 Å². The molecule has 2 aromatic carbocycles. The average Bonchev–Trinajstić information content (AvgIpc) is 3.23. The minimum absolute atomic E-state index is 0.124. The molecule has 1 saturated carbocycles. The molecule has 168 valence electrons. The number of halogens is 3. The number of nitrogens with zero attached hydrogens (tertiary/aromatic N) is 2. The van der Waals surface area contributed by atoms with E-state index in [1.54, 1.807) is 18.2 Å². The highest BCUT2D eigenvalue weighted by molar-refractivity contribution is 6.42. The van der Waals surface area contributed by atoms with Crippen LogP contribution >= 0.6 is 34.8 Å². The van der Waals surface area contributed by atoms with Crippen molar-refractivity contribution in [3.8, 4) is 0 Å². The first-order chi connectivity index (χ1) is 15.5. The second kappa shape index (κ2) is 10.7. The Morgan fingerprint density at radius 2 is 1.72 bits per heavy atom. The molecule has 0 radical (unpaired) electrons. The quantitative estimate of drug-likeness (QED) is 0.375. The number of rotatable bonds is 6. The Morgan fingerprint density at radius 3 is 2.47 bits per heavy atom. The number of carbonyl (C=O) groups is 1. The van der Waals surface area contributed by atoms with Crippen molar-refractivity contribution in [2.24, 2.45) is 0 Å². The van der Waals surface area contributed by atoms with E-state index in [1.807, 2.05) is 41.4 Å². The lowest BCUT2D eigenvalue weighted by molar-refractivity contribution is 0.161. The van der Waals surface area contributed by atoms with Gasteiger partial charge in [-0.1, -0.05) is 72.3 Å². The Bertz CT molecular complexity index is 1080. The van der Waals surface area contributed by atoms with Crippen molar-refractivity contribution in [2.75, 3.05) is 5.32 Å². The average molecular weight is 491 g/mol. The van der Waals surface area contributed by atoms with Crippen LogP contribution in [0.25, 0.3) is 0 Å². The summed E-state index contributed by atoms with van der Waals surface area (Å²) in [4.78, 5) is 15.3. The van der Waals surface area contributed by atoms with Gasteiger partial charge in [-0.25, -0.2) is 4.79 Å². The van der Waals surface area contributed by atoms with Crippen molar-refractivity contribution in [2.45, 2.75) is 51.2 Å². The second-order valence-corrected chi connectivity index (χ2v) is 9.42. The molecule has 0 saturated heterocycles. The second-order valence-electron chi connectivity index (χ2n) is 8.20. The molecule has 4 rings (SSSR count). The Kier molecular flexibility index (Phi) is 7.67. The fraction of sp³-hybridized carbons (Fsp3) is 0.320. The number of carbonyl (C=O) groups excluding carboxylic acids is 1. The first kappa shape index (κ1) is 23.0. The lowest BCUT2D eigenvalue weighted by Gasteiger charge is -2.34. The molecule has 2 amide bonds. The van der Waals surface area contributed by atoms with Crippen molar-refractivity contribution < 1.29 is 4.79 Å². The normalized spacial score (nSPS) is 14.3. The van der Waals surface area contributed by atoms with E-state index in [2.05, 4.69) is 16.0 Å². The van der Waals surface area contributed by atoms with Crippen LogP contribution in [-0.4, -0.2) is 21.5 Å². The Morgan fingerprint density at radius 1 is 0.938 bits per heavy atom. The van der Waals surface area contributed by atoms with Crippen LogP contribution in [0.2, 0.25) is 15.1 Å². The summed E-state index contributed by atoms with van der Waals surface area (Å²) in [6.45, 7) is 1.18. The van der Waals surface area contributed by atoms with Crippen molar-refractivity contribution in [1.82, 2.24) is 9.47 Å². The molecule has 1 aliphatic carbocycles. The minimum atomic E-state index is -0.124. The predicted octanol–water partition coefficient (Wildman–Crippen LogP) is 7.86. The number of anilines is 1. The molecule has 1 heterocycles. The van der Waals surface area contributed by atoms with Gasteiger partial charge in [0.2, 0.25) is 0 Å². The third-order valence-corrected chi connectivity index (χ3v) is 7.11. The van der Waals surface area contributed by atoms with E-state index in [4.69, 9.17) is 34.8 Å². The van der Waals surface area contributed by atoms with E-state index in [-0.39, 0.29) is 12.1 Å². The number of nitrogens with one attached hydrogen (secondary N) is 1. The summed E-state index contributed by atoms with van der Waals surface area (Å²) in [7, 11) is 0. The lowest BCUT2D eigenvalue weighted by Crippen LogP contribution is -2.43.